The summed E-state index contributed by atoms with van der Waals surface area (Å²) in [6, 6.07) is 16.6. The van der Waals surface area contributed by atoms with Gasteiger partial charge in [0, 0.05) is 18.7 Å². The molecule has 3 rings (SSSR count). The lowest BCUT2D eigenvalue weighted by atomic mass is 10.1. The zero-order valence-electron chi connectivity index (χ0n) is 23.9. The van der Waals surface area contributed by atoms with E-state index in [0.717, 1.165) is 21.0 Å². The van der Waals surface area contributed by atoms with Crippen LogP contribution < -0.4 is 9.62 Å². The fraction of sp³-hybridized carbons (Fsp3) is 0.355. The molecule has 0 saturated heterocycles. The summed E-state index contributed by atoms with van der Waals surface area (Å²) in [4.78, 5) is 28.2. The van der Waals surface area contributed by atoms with E-state index in [4.69, 9.17) is 0 Å². The van der Waals surface area contributed by atoms with Crippen LogP contribution in [0.3, 0.4) is 0 Å². The number of nitrogens with zero attached hydrogens (tertiary/aromatic N) is 2. The highest BCUT2D eigenvalue weighted by atomic mass is 32.2. The minimum Gasteiger partial charge on any atom is -0.354 e. The van der Waals surface area contributed by atoms with E-state index in [1.54, 1.807) is 55.5 Å². The van der Waals surface area contributed by atoms with Crippen LogP contribution in [0.15, 0.2) is 71.6 Å². The number of sulfonamides is 1. The molecule has 0 aromatic heterocycles. The first kappa shape index (κ1) is 30.8. The summed E-state index contributed by atoms with van der Waals surface area (Å²) in [5.74, 6) is -1.37. The van der Waals surface area contributed by atoms with Crippen LogP contribution in [0.1, 0.15) is 43.0 Å². The fourth-order valence-electron chi connectivity index (χ4n) is 4.09. The third-order valence-corrected chi connectivity index (χ3v) is 8.60. The number of carbonyl (C=O) groups excluding carboxylic acids is 2. The predicted octanol–water partition coefficient (Wildman–Crippen LogP) is 5.14. The van der Waals surface area contributed by atoms with Crippen LogP contribution >= 0.6 is 0 Å². The molecule has 0 spiro atoms. The summed E-state index contributed by atoms with van der Waals surface area (Å²) in [5.41, 5.74) is 3.27. The van der Waals surface area contributed by atoms with Gasteiger partial charge in [-0.25, -0.2) is 12.8 Å². The molecule has 0 aliphatic rings. The Bertz CT molecular complexity index is 1460. The molecule has 1 N–H and O–H groups in total. The largest absolute Gasteiger partial charge is 0.354 e. The molecule has 40 heavy (non-hydrogen) atoms. The van der Waals surface area contributed by atoms with Crippen molar-refractivity contribution < 1.29 is 22.4 Å². The van der Waals surface area contributed by atoms with Crippen molar-refractivity contribution in [2.24, 2.45) is 5.92 Å². The fourth-order valence-corrected chi connectivity index (χ4v) is 5.50. The van der Waals surface area contributed by atoms with Crippen LogP contribution in [0, 0.1) is 32.5 Å². The standard InChI is InChI=1S/C31H38FN3O4S/c1-21(2)18-33-31(37)25(6)34(19-26-9-7-8-10-29(26)32)30(36)20-35(27-14-13-23(4)24(5)17-27)40(38,39)28-15-11-22(3)12-16-28/h7-17,21,25H,18-20H2,1-6H3,(H,33,37). The smallest absolute Gasteiger partial charge is 0.264 e. The van der Waals surface area contributed by atoms with Crippen LogP contribution in [-0.2, 0) is 26.2 Å². The zero-order valence-corrected chi connectivity index (χ0v) is 24.8. The number of hydrogen-bond donors (Lipinski definition) is 1. The predicted molar refractivity (Wildman–Crippen MR) is 156 cm³/mol. The molecule has 0 bridgehead atoms. The molecule has 0 aliphatic carbocycles. The molecule has 0 saturated carbocycles. The Morgan fingerprint density at radius 1 is 0.900 bits per heavy atom. The molecule has 3 aromatic rings. The molecular formula is C31H38FN3O4S. The van der Waals surface area contributed by atoms with Crippen molar-refractivity contribution in [1.29, 1.82) is 0 Å². The van der Waals surface area contributed by atoms with Gasteiger partial charge in [-0.05, 0) is 75.1 Å². The maximum absolute atomic E-state index is 14.6. The number of rotatable bonds is 11. The summed E-state index contributed by atoms with van der Waals surface area (Å²) in [5, 5.41) is 2.82. The molecule has 0 radical (unpaired) electrons. The Morgan fingerprint density at radius 3 is 2.15 bits per heavy atom. The van der Waals surface area contributed by atoms with E-state index in [9.17, 15) is 22.4 Å². The highest BCUT2D eigenvalue weighted by molar-refractivity contribution is 7.92. The minimum absolute atomic E-state index is 0.0347. The van der Waals surface area contributed by atoms with Crippen LogP contribution in [-0.4, -0.2) is 44.3 Å². The average Bonchev–Trinajstić information content (AvgIpc) is 2.91. The van der Waals surface area contributed by atoms with Gasteiger partial charge in [0.05, 0.1) is 10.6 Å². The Hall–Kier alpha value is -3.72. The first-order chi connectivity index (χ1) is 18.8. The number of aryl methyl sites for hydroxylation is 3. The number of halogens is 1. The summed E-state index contributed by atoms with van der Waals surface area (Å²) < 4.78 is 43.5. The maximum atomic E-state index is 14.6. The first-order valence-electron chi connectivity index (χ1n) is 13.3. The molecule has 0 fully saturated rings. The topological polar surface area (TPSA) is 86.8 Å². The monoisotopic (exact) mass is 567 g/mol. The molecule has 3 aromatic carbocycles. The highest BCUT2D eigenvalue weighted by Gasteiger charge is 2.33. The van der Waals surface area contributed by atoms with E-state index in [-0.39, 0.29) is 22.9 Å². The minimum atomic E-state index is -4.17. The van der Waals surface area contributed by atoms with Gasteiger partial charge in [-0.1, -0.05) is 55.8 Å². The summed E-state index contributed by atoms with van der Waals surface area (Å²) in [6.07, 6.45) is 0. The van der Waals surface area contributed by atoms with Gasteiger partial charge in [-0.2, -0.15) is 0 Å². The van der Waals surface area contributed by atoms with Gasteiger partial charge in [0.25, 0.3) is 10.0 Å². The lowest BCUT2D eigenvalue weighted by molar-refractivity contribution is -0.139. The molecule has 7 nitrogen and oxygen atoms in total. The molecular weight excluding hydrogens is 529 g/mol. The van der Waals surface area contributed by atoms with E-state index in [0.29, 0.717) is 12.2 Å². The molecule has 1 atom stereocenters. The second-order valence-corrected chi connectivity index (χ2v) is 12.4. The van der Waals surface area contributed by atoms with Crippen LogP contribution in [0.4, 0.5) is 10.1 Å². The Balaban J connectivity index is 2.05. The van der Waals surface area contributed by atoms with E-state index >= 15 is 0 Å². The average molecular weight is 568 g/mol. The molecule has 2 amide bonds. The number of nitrogens with one attached hydrogen (secondary N) is 1. The maximum Gasteiger partial charge on any atom is 0.264 e. The Morgan fingerprint density at radius 2 is 1.55 bits per heavy atom. The molecule has 1 unspecified atom stereocenters. The third-order valence-electron chi connectivity index (χ3n) is 6.82. The van der Waals surface area contributed by atoms with Gasteiger partial charge in [0.15, 0.2) is 0 Å². The number of carbonyl (C=O) groups is 2. The van der Waals surface area contributed by atoms with Gasteiger partial charge < -0.3 is 10.2 Å². The van der Waals surface area contributed by atoms with E-state index in [1.807, 2.05) is 34.6 Å². The SMILES string of the molecule is Cc1ccc(S(=O)(=O)N(CC(=O)N(Cc2ccccc2F)C(C)C(=O)NCC(C)C)c2ccc(C)c(C)c2)cc1. The number of benzene rings is 3. The molecule has 0 heterocycles. The molecule has 214 valence electrons. The molecule has 0 aliphatic heterocycles. The van der Waals surface area contributed by atoms with Gasteiger partial charge in [-0.15, -0.1) is 0 Å². The second-order valence-electron chi connectivity index (χ2n) is 10.5. The van der Waals surface area contributed by atoms with Crippen LogP contribution in [0.2, 0.25) is 0 Å². The van der Waals surface area contributed by atoms with Crippen molar-refractivity contribution in [3.8, 4) is 0 Å². The lowest BCUT2D eigenvalue weighted by Gasteiger charge is -2.32. The van der Waals surface area contributed by atoms with Crippen molar-refractivity contribution in [1.82, 2.24) is 10.2 Å². The lowest BCUT2D eigenvalue weighted by Crippen LogP contribution is -2.51. The van der Waals surface area contributed by atoms with E-state index in [1.165, 1.54) is 23.1 Å². The van der Waals surface area contributed by atoms with Crippen molar-refractivity contribution in [2.45, 2.75) is 59.0 Å². The quantitative estimate of drug-likeness (QED) is 0.348. The van der Waals surface area contributed by atoms with E-state index in [2.05, 4.69) is 5.32 Å². The van der Waals surface area contributed by atoms with Gasteiger partial charge in [-0.3, -0.25) is 13.9 Å². The summed E-state index contributed by atoms with van der Waals surface area (Å²) >= 11 is 0. The van der Waals surface area contributed by atoms with Crippen molar-refractivity contribution >= 4 is 27.5 Å². The Labute approximate surface area is 237 Å². The number of anilines is 1. The van der Waals surface area contributed by atoms with Gasteiger partial charge >= 0.3 is 0 Å². The normalized spacial score (nSPS) is 12.2. The van der Waals surface area contributed by atoms with Gasteiger partial charge in [0.1, 0.15) is 18.4 Å². The number of amides is 2. The van der Waals surface area contributed by atoms with Crippen LogP contribution in [0.5, 0.6) is 0 Å². The summed E-state index contributed by atoms with van der Waals surface area (Å²) in [6.45, 7) is 10.7. The van der Waals surface area contributed by atoms with Crippen LogP contribution in [0.25, 0.3) is 0 Å². The van der Waals surface area contributed by atoms with Crippen molar-refractivity contribution in [3.05, 3.63) is 94.8 Å². The third kappa shape index (κ3) is 7.47. The molecule has 9 heteroatoms. The summed E-state index contributed by atoms with van der Waals surface area (Å²) in [7, 11) is -4.17. The Kier molecular flexibility index (Phi) is 10.1. The zero-order chi connectivity index (χ0) is 29.6. The van der Waals surface area contributed by atoms with Crippen molar-refractivity contribution in [3.63, 3.8) is 0 Å². The van der Waals surface area contributed by atoms with E-state index < -0.39 is 40.2 Å². The number of hydrogen-bond acceptors (Lipinski definition) is 4. The highest BCUT2D eigenvalue weighted by Crippen LogP contribution is 2.27. The van der Waals surface area contributed by atoms with Crippen molar-refractivity contribution in [2.75, 3.05) is 17.4 Å². The second kappa shape index (κ2) is 13.1. The van der Waals surface area contributed by atoms with Gasteiger partial charge in [0.2, 0.25) is 11.8 Å². The first-order valence-corrected chi connectivity index (χ1v) is 14.7.